The van der Waals surface area contributed by atoms with Crippen LogP contribution in [0.2, 0.25) is 0 Å². The molecule has 0 spiro atoms. The van der Waals surface area contributed by atoms with Crippen LogP contribution in [0.5, 0.6) is 0 Å². The molecule has 0 unspecified atom stereocenters. The summed E-state index contributed by atoms with van der Waals surface area (Å²) in [5.74, 6) is -1.07. The summed E-state index contributed by atoms with van der Waals surface area (Å²) in [6, 6.07) is 3.95. The van der Waals surface area contributed by atoms with E-state index in [4.69, 9.17) is 0 Å². The number of likely N-dealkylation sites (tertiary alicyclic amines) is 1. The lowest BCUT2D eigenvalue weighted by atomic mass is 9.90. The van der Waals surface area contributed by atoms with E-state index in [0.29, 0.717) is 5.56 Å². The normalized spacial score (nSPS) is 18.7. The zero-order valence-electron chi connectivity index (χ0n) is 11.4. The van der Waals surface area contributed by atoms with Crippen LogP contribution >= 0.6 is 0 Å². The number of alkyl halides is 3. The Morgan fingerprint density at radius 2 is 1.86 bits per heavy atom. The average molecular weight is 305 g/mol. The number of hydrogen-bond acceptors (Lipinski definition) is 2. The number of piperidine rings is 1. The topological polar surface area (TPSA) is 40.5 Å². The van der Waals surface area contributed by atoms with Crippen LogP contribution in [0.25, 0.3) is 0 Å². The highest BCUT2D eigenvalue weighted by atomic mass is 19.4. The maximum Gasteiger partial charge on any atom is 0.417 e. The van der Waals surface area contributed by atoms with Gasteiger partial charge in [0.05, 0.1) is 0 Å². The van der Waals surface area contributed by atoms with Gasteiger partial charge in [0.1, 0.15) is 5.82 Å². The fourth-order valence-corrected chi connectivity index (χ4v) is 2.27. The van der Waals surface area contributed by atoms with Gasteiger partial charge in [0, 0.05) is 31.5 Å². The fourth-order valence-electron chi connectivity index (χ4n) is 2.27. The van der Waals surface area contributed by atoms with E-state index in [0.717, 1.165) is 6.07 Å². The van der Waals surface area contributed by atoms with Gasteiger partial charge < -0.3 is 10.0 Å². The largest absolute Gasteiger partial charge is 0.417 e. The van der Waals surface area contributed by atoms with Gasteiger partial charge in [-0.15, -0.1) is 0 Å². The Morgan fingerprint density at radius 3 is 2.33 bits per heavy atom. The summed E-state index contributed by atoms with van der Waals surface area (Å²) in [6.07, 6.45) is -5.86. The molecular formula is C14H15F4NO2. The first-order valence-electron chi connectivity index (χ1n) is 6.48. The minimum absolute atomic E-state index is 0.0931. The van der Waals surface area contributed by atoms with E-state index in [2.05, 4.69) is 0 Å². The molecule has 1 aliphatic heterocycles. The summed E-state index contributed by atoms with van der Waals surface area (Å²) in [5, 5.41) is 9.54. The molecule has 1 N–H and O–H groups in total. The number of halogens is 4. The van der Waals surface area contributed by atoms with E-state index in [1.165, 1.54) is 17.0 Å². The molecule has 3 nitrogen and oxygen atoms in total. The van der Waals surface area contributed by atoms with E-state index in [1.54, 1.807) is 6.92 Å². The van der Waals surface area contributed by atoms with E-state index < -0.39 is 36.3 Å². The van der Waals surface area contributed by atoms with Gasteiger partial charge in [-0.2, -0.15) is 13.2 Å². The van der Waals surface area contributed by atoms with Crippen molar-refractivity contribution in [2.24, 2.45) is 0 Å². The van der Waals surface area contributed by atoms with Crippen molar-refractivity contribution < 1.29 is 27.5 Å². The average Bonchev–Trinajstić information content (AvgIpc) is 2.41. The number of carbonyl (C=O) groups excluding carboxylic acids is 1. The molecule has 1 fully saturated rings. The maximum absolute atomic E-state index is 13.4. The lowest BCUT2D eigenvalue weighted by molar-refractivity contribution is -0.271. The van der Waals surface area contributed by atoms with Crippen LogP contribution in [0.3, 0.4) is 0 Å². The zero-order chi connectivity index (χ0) is 15.8. The predicted octanol–water partition coefficient (Wildman–Crippen LogP) is 2.66. The summed E-state index contributed by atoms with van der Waals surface area (Å²) in [6.45, 7) is 1.11. The second kappa shape index (κ2) is 5.29. The van der Waals surface area contributed by atoms with Gasteiger partial charge in [0.15, 0.2) is 5.60 Å². The van der Waals surface area contributed by atoms with Crippen LogP contribution < -0.4 is 0 Å². The number of aryl methyl sites for hydroxylation is 1. The number of hydrogen-bond donors (Lipinski definition) is 1. The Bertz CT molecular complexity index is 548. The molecule has 21 heavy (non-hydrogen) atoms. The van der Waals surface area contributed by atoms with Crippen LogP contribution in [-0.2, 0) is 0 Å². The van der Waals surface area contributed by atoms with Crippen molar-refractivity contribution in [3.05, 3.63) is 35.1 Å². The van der Waals surface area contributed by atoms with Crippen molar-refractivity contribution in [1.29, 1.82) is 0 Å². The molecule has 2 rings (SSSR count). The molecule has 1 saturated heterocycles. The van der Waals surface area contributed by atoms with Gasteiger partial charge in [-0.1, -0.05) is 6.07 Å². The molecular weight excluding hydrogens is 290 g/mol. The highest BCUT2D eigenvalue weighted by Crippen LogP contribution is 2.38. The Morgan fingerprint density at radius 1 is 1.29 bits per heavy atom. The summed E-state index contributed by atoms with van der Waals surface area (Å²) < 4.78 is 51.4. The molecule has 1 heterocycles. The quantitative estimate of drug-likeness (QED) is 0.810. The van der Waals surface area contributed by atoms with Gasteiger partial charge in [-0.3, -0.25) is 4.79 Å². The fraction of sp³-hybridized carbons (Fsp3) is 0.500. The van der Waals surface area contributed by atoms with Crippen LogP contribution in [0.4, 0.5) is 17.6 Å². The van der Waals surface area contributed by atoms with Crippen molar-refractivity contribution in [2.75, 3.05) is 13.1 Å². The first kappa shape index (κ1) is 15.8. The molecule has 1 aliphatic rings. The molecule has 0 aliphatic carbocycles. The van der Waals surface area contributed by atoms with E-state index >= 15 is 0 Å². The van der Waals surface area contributed by atoms with E-state index in [1.807, 2.05) is 0 Å². The molecule has 0 aromatic heterocycles. The number of rotatable bonds is 1. The molecule has 116 valence electrons. The SMILES string of the molecule is Cc1ccc(C(=O)N2CCC(O)(C(F)(F)F)CC2)cc1F. The predicted molar refractivity (Wildman–Crippen MR) is 67.3 cm³/mol. The Labute approximate surface area is 119 Å². The Kier molecular flexibility index (Phi) is 3.97. The second-order valence-electron chi connectivity index (χ2n) is 5.29. The Hall–Kier alpha value is -1.63. The van der Waals surface area contributed by atoms with Gasteiger partial charge in [-0.05, 0) is 24.6 Å². The lowest BCUT2D eigenvalue weighted by Crippen LogP contribution is -2.54. The molecule has 1 aromatic rings. The standard InChI is InChI=1S/C14H15F4NO2/c1-9-2-3-10(8-11(9)15)12(20)19-6-4-13(21,5-7-19)14(16,17)18/h2-3,8,21H,4-7H2,1H3. The summed E-state index contributed by atoms with van der Waals surface area (Å²) >= 11 is 0. The van der Waals surface area contributed by atoms with Crippen molar-refractivity contribution in [3.63, 3.8) is 0 Å². The number of amides is 1. The number of carbonyl (C=O) groups is 1. The van der Waals surface area contributed by atoms with Crippen LogP contribution in [-0.4, -0.2) is 40.8 Å². The van der Waals surface area contributed by atoms with E-state index in [9.17, 15) is 27.5 Å². The minimum atomic E-state index is -4.71. The third-order valence-corrected chi connectivity index (χ3v) is 3.82. The molecule has 1 amide bonds. The molecule has 0 saturated carbocycles. The van der Waals surface area contributed by atoms with Gasteiger partial charge in [0.25, 0.3) is 5.91 Å². The van der Waals surface area contributed by atoms with Crippen LogP contribution in [0.15, 0.2) is 18.2 Å². The smallest absolute Gasteiger partial charge is 0.380 e. The summed E-state index contributed by atoms with van der Waals surface area (Å²) in [7, 11) is 0. The first-order valence-corrected chi connectivity index (χ1v) is 6.48. The second-order valence-corrected chi connectivity index (χ2v) is 5.29. The summed E-state index contributed by atoms with van der Waals surface area (Å²) in [4.78, 5) is 13.3. The Balaban J connectivity index is 2.08. The molecule has 1 aromatic carbocycles. The number of aliphatic hydroxyl groups is 1. The molecule has 0 radical (unpaired) electrons. The maximum atomic E-state index is 13.4. The van der Waals surface area contributed by atoms with Crippen molar-refractivity contribution in [2.45, 2.75) is 31.5 Å². The molecule has 0 bridgehead atoms. The van der Waals surface area contributed by atoms with E-state index in [-0.39, 0.29) is 18.7 Å². The van der Waals surface area contributed by atoms with Crippen molar-refractivity contribution in [3.8, 4) is 0 Å². The summed E-state index contributed by atoms with van der Waals surface area (Å²) in [5.41, 5.74) is -2.27. The number of benzene rings is 1. The van der Waals surface area contributed by atoms with Crippen LogP contribution in [0, 0.1) is 12.7 Å². The monoisotopic (exact) mass is 305 g/mol. The molecule has 7 heteroatoms. The van der Waals surface area contributed by atoms with Gasteiger partial charge >= 0.3 is 6.18 Å². The highest BCUT2D eigenvalue weighted by Gasteiger charge is 2.54. The van der Waals surface area contributed by atoms with Crippen molar-refractivity contribution in [1.82, 2.24) is 4.90 Å². The molecule has 0 atom stereocenters. The zero-order valence-corrected chi connectivity index (χ0v) is 11.4. The minimum Gasteiger partial charge on any atom is -0.380 e. The van der Waals surface area contributed by atoms with Gasteiger partial charge in [0.2, 0.25) is 0 Å². The first-order chi connectivity index (χ1) is 9.64. The third-order valence-electron chi connectivity index (χ3n) is 3.82. The van der Waals surface area contributed by atoms with Gasteiger partial charge in [-0.25, -0.2) is 4.39 Å². The highest BCUT2D eigenvalue weighted by molar-refractivity contribution is 5.94. The van der Waals surface area contributed by atoms with Crippen molar-refractivity contribution >= 4 is 5.91 Å². The number of nitrogens with zero attached hydrogens (tertiary/aromatic N) is 1. The van der Waals surface area contributed by atoms with Crippen LogP contribution in [0.1, 0.15) is 28.8 Å². The third kappa shape index (κ3) is 3.02. The lowest BCUT2D eigenvalue weighted by Gasteiger charge is -2.39.